The molecule has 1 N–H and O–H groups in total. The summed E-state index contributed by atoms with van der Waals surface area (Å²) in [7, 11) is 0. The second-order valence-electron chi connectivity index (χ2n) is 6.92. The summed E-state index contributed by atoms with van der Waals surface area (Å²) in [6.45, 7) is 4.00. The van der Waals surface area contributed by atoms with Gasteiger partial charge in [0, 0.05) is 17.5 Å². The third-order valence-electron chi connectivity index (χ3n) is 4.89. The van der Waals surface area contributed by atoms with Gasteiger partial charge >= 0.3 is 5.69 Å². The van der Waals surface area contributed by atoms with Gasteiger partial charge in [-0.05, 0) is 44.9 Å². The van der Waals surface area contributed by atoms with E-state index in [2.05, 4.69) is 15.1 Å². The van der Waals surface area contributed by atoms with Crippen LogP contribution in [0.5, 0.6) is 0 Å². The SMILES string of the molecule is CC(C)n1c(=O)[nH]c2cc(-c3noc(C4CCCCC4)n3)ccc21. The highest BCUT2D eigenvalue weighted by atomic mass is 16.5. The summed E-state index contributed by atoms with van der Waals surface area (Å²) in [4.78, 5) is 19.6. The molecule has 4 rings (SSSR count). The maximum absolute atomic E-state index is 12.1. The highest BCUT2D eigenvalue weighted by molar-refractivity contribution is 5.80. The normalized spacial score (nSPS) is 16.3. The van der Waals surface area contributed by atoms with Crippen molar-refractivity contribution in [2.24, 2.45) is 0 Å². The van der Waals surface area contributed by atoms with Crippen LogP contribution in [0.2, 0.25) is 0 Å². The fraction of sp³-hybridized carbons (Fsp3) is 0.500. The van der Waals surface area contributed by atoms with Crippen LogP contribution < -0.4 is 5.69 Å². The average Bonchev–Trinajstić information content (AvgIpc) is 3.18. The van der Waals surface area contributed by atoms with Gasteiger partial charge in [0.25, 0.3) is 0 Å². The molecule has 0 spiro atoms. The first kappa shape index (κ1) is 15.2. The minimum atomic E-state index is -0.0897. The number of nitrogens with zero attached hydrogens (tertiary/aromatic N) is 3. The van der Waals surface area contributed by atoms with Crippen LogP contribution in [0, 0.1) is 0 Å². The second kappa shape index (κ2) is 5.92. The predicted molar refractivity (Wildman–Crippen MR) is 92.1 cm³/mol. The molecule has 0 aliphatic heterocycles. The van der Waals surface area contributed by atoms with Crippen molar-refractivity contribution in [3.8, 4) is 11.4 Å². The Morgan fingerprint density at radius 3 is 2.79 bits per heavy atom. The van der Waals surface area contributed by atoms with E-state index >= 15 is 0 Å². The molecule has 0 atom stereocenters. The zero-order valence-corrected chi connectivity index (χ0v) is 14.1. The third-order valence-corrected chi connectivity index (χ3v) is 4.89. The predicted octanol–water partition coefficient (Wildman–Crippen LogP) is 4.01. The Morgan fingerprint density at radius 1 is 1.25 bits per heavy atom. The Bertz CT molecular complexity index is 913. The zero-order chi connectivity index (χ0) is 16.7. The van der Waals surface area contributed by atoms with Gasteiger partial charge in [-0.1, -0.05) is 24.4 Å². The molecule has 1 saturated carbocycles. The number of aromatic amines is 1. The van der Waals surface area contributed by atoms with Crippen LogP contribution in [0.1, 0.15) is 63.8 Å². The van der Waals surface area contributed by atoms with Crippen molar-refractivity contribution in [1.29, 1.82) is 0 Å². The van der Waals surface area contributed by atoms with Crippen LogP contribution in [0.25, 0.3) is 22.4 Å². The van der Waals surface area contributed by atoms with Crippen LogP contribution >= 0.6 is 0 Å². The number of fused-ring (bicyclic) bond motifs is 1. The minimum Gasteiger partial charge on any atom is -0.339 e. The lowest BCUT2D eigenvalue weighted by Gasteiger charge is -2.17. The Kier molecular flexibility index (Phi) is 3.75. The molecule has 3 aromatic rings. The lowest BCUT2D eigenvalue weighted by atomic mass is 9.89. The lowest BCUT2D eigenvalue weighted by Crippen LogP contribution is -2.18. The number of nitrogens with one attached hydrogen (secondary N) is 1. The number of hydrogen-bond donors (Lipinski definition) is 1. The van der Waals surface area contributed by atoms with Gasteiger partial charge in [-0.2, -0.15) is 4.98 Å². The molecule has 2 aromatic heterocycles. The molecule has 1 aliphatic carbocycles. The molecular formula is C18H22N4O2. The van der Waals surface area contributed by atoms with Gasteiger partial charge in [0.15, 0.2) is 0 Å². The van der Waals surface area contributed by atoms with Gasteiger partial charge in [0.05, 0.1) is 11.0 Å². The van der Waals surface area contributed by atoms with Crippen LogP contribution in [0.15, 0.2) is 27.5 Å². The van der Waals surface area contributed by atoms with Crippen LogP contribution in [0.3, 0.4) is 0 Å². The molecule has 126 valence electrons. The summed E-state index contributed by atoms with van der Waals surface area (Å²) < 4.78 is 7.25. The molecule has 0 saturated heterocycles. The molecule has 24 heavy (non-hydrogen) atoms. The Balaban J connectivity index is 1.69. The van der Waals surface area contributed by atoms with Crippen molar-refractivity contribution < 1.29 is 4.52 Å². The second-order valence-corrected chi connectivity index (χ2v) is 6.92. The third kappa shape index (κ3) is 2.56. The van der Waals surface area contributed by atoms with E-state index in [1.165, 1.54) is 19.3 Å². The van der Waals surface area contributed by atoms with E-state index in [1.807, 2.05) is 32.0 Å². The summed E-state index contributed by atoms with van der Waals surface area (Å²) in [6, 6.07) is 5.93. The van der Waals surface area contributed by atoms with E-state index in [0.717, 1.165) is 35.3 Å². The van der Waals surface area contributed by atoms with Crippen molar-refractivity contribution in [3.63, 3.8) is 0 Å². The standard InChI is InChI=1S/C18H22N4O2/c1-11(2)22-15-9-8-13(10-14(15)19-18(22)23)16-20-17(24-21-16)12-6-4-3-5-7-12/h8-12H,3-7H2,1-2H3,(H,19,23). The number of H-pyrrole nitrogens is 1. The Hall–Kier alpha value is -2.37. The molecule has 0 radical (unpaired) electrons. The largest absolute Gasteiger partial charge is 0.339 e. The maximum Gasteiger partial charge on any atom is 0.326 e. The fourth-order valence-corrected chi connectivity index (χ4v) is 3.65. The molecule has 0 unspecified atom stereocenters. The molecular weight excluding hydrogens is 304 g/mol. The van der Waals surface area contributed by atoms with Crippen molar-refractivity contribution in [3.05, 3.63) is 34.6 Å². The van der Waals surface area contributed by atoms with Crippen molar-refractivity contribution in [2.45, 2.75) is 57.9 Å². The molecule has 6 heteroatoms. The Labute approximate surface area is 139 Å². The summed E-state index contributed by atoms with van der Waals surface area (Å²) in [5, 5.41) is 4.15. The number of benzene rings is 1. The van der Waals surface area contributed by atoms with E-state index in [9.17, 15) is 4.79 Å². The van der Waals surface area contributed by atoms with Gasteiger partial charge in [0.1, 0.15) is 0 Å². The molecule has 1 aliphatic rings. The highest BCUT2D eigenvalue weighted by Crippen LogP contribution is 2.32. The zero-order valence-electron chi connectivity index (χ0n) is 14.1. The van der Waals surface area contributed by atoms with Crippen molar-refractivity contribution in [1.82, 2.24) is 19.7 Å². The number of rotatable bonds is 3. The van der Waals surface area contributed by atoms with Crippen molar-refractivity contribution in [2.75, 3.05) is 0 Å². The van der Waals surface area contributed by atoms with Gasteiger partial charge in [-0.25, -0.2) is 4.79 Å². The van der Waals surface area contributed by atoms with Gasteiger partial charge < -0.3 is 9.51 Å². The quantitative estimate of drug-likeness (QED) is 0.789. The lowest BCUT2D eigenvalue weighted by molar-refractivity contribution is 0.314. The first-order valence-corrected chi connectivity index (χ1v) is 8.71. The smallest absolute Gasteiger partial charge is 0.326 e. The summed E-state index contributed by atoms with van der Waals surface area (Å²) >= 11 is 0. The Morgan fingerprint density at radius 2 is 2.04 bits per heavy atom. The van der Waals surface area contributed by atoms with Crippen LogP contribution in [-0.4, -0.2) is 19.7 Å². The van der Waals surface area contributed by atoms with E-state index in [-0.39, 0.29) is 11.7 Å². The molecule has 2 heterocycles. The summed E-state index contributed by atoms with van der Waals surface area (Å²) in [5.74, 6) is 1.74. The first-order valence-electron chi connectivity index (χ1n) is 8.71. The molecule has 1 aromatic carbocycles. The molecule has 1 fully saturated rings. The van der Waals surface area contributed by atoms with E-state index in [1.54, 1.807) is 4.57 Å². The van der Waals surface area contributed by atoms with E-state index in [4.69, 9.17) is 4.52 Å². The number of hydrogen-bond acceptors (Lipinski definition) is 4. The van der Waals surface area contributed by atoms with E-state index in [0.29, 0.717) is 11.7 Å². The number of imidazole rings is 1. The van der Waals surface area contributed by atoms with Crippen LogP contribution in [0.4, 0.5) is 0 Å². The molecule has 0 amide bonds. The molecule has 6 nitrogen and oxygen atoms in total. The molecule has 0 bridgehead atoms. The van der Waals surface area contributed by atoms with Gasteiger partial charge in [-0.3, -0.25) is 4.57 Å². The van der Waals surface area contributed by atoms with Gasteiger partial charge in [0.2, 0.25) is 11.7 Å². The number of aromatic nitrogens is 4. The van der Waals surface area contributed by atoms with Crippen LogP contribution in [-0.2, 0) is 0 Å². The van der Waals surface area contributed by atoms with Crippen molar-refractivity contribution >= 4 is 11.0 Å². The summed E-state index contributed by atoms with van der Waals surface area (Å²) in [5.41, 5.74) is 2.48. The topological polar surface area (TPSA) is 76.7 Å². The van der Waals surface area contributed by atoms with E-state index < -0.39 is 0 Å². The fourth-order valence-electron chi connectivity index (χ4n) is 3.65. The van der Waals surface area contributed by atoms with Gasteiger partial charge in [-0.15, -0.1) is 0 Å². The maximum atomic E-state index is 12.1. The highest BCUT2D eigenvalue weighted by Gasteiger charge is 2.22. The average molecular weight is 326 g/mol. The first-order chi connectivity index (χ1) is 11.6. The summed E-state index contributed by atoms with van der Waals surface area (Å²) in [6.07, 6.45) is 6.03. The minimum absolute atomic E-state index is 0.0897. The monoisotopic (exact) mass is 326 g/mol.